The van der Waals surface area contributed by atoms with Crippen LogP contribution in [0.15, 0.2) is 54.7 Å². The minimum Gasteiger partial charge on any atom is -0.466 e. The number of benzene rings is 1. The topological polar surface area (TPSA) is 45.7 Å². The van der Waals surface area contributed by atoms with Gasteiger partial charge < -0.3 is 4.74 Å². The van der Waals surface area contributed by atoms with E-state index >= 15 is 0 Å². The number of ether oxygens (including phenoxy) is 1. The van der Waals surface area contributed by atoms with Crippen molar-refractivity contribution in [1.82, 2.24) is 14.8 Å². The quantitative estimate of drug-likeness (QED) is 0.634. The largest absolute Gasteiger partial charge is 0.466 e. The van der Waals surface area contributed by atoms with E-state index in [2.05, 4.69) is 51.2 Å². The first-order valence-electron chi connectivity index (χ1n) is 11.8. The molecule has 5 heteroatoms. The van der Waals surface area contributed by atoms with E-state index in [-0.39, 0.29) is 5.97 Å². The van der Waals surface area contributed by atoms with Crippen molar-refractivity contribution >= 4 is 5.97 Å². The lowest BCUT2D eigenvalue weighted by molar-refractivity contribution is -0.160. The summed E-state index contributed by atoms with van der Waals surface area (Å²) < 4.78 is 5.60. The van der Waals surface area contributed by atoms with Crippen molar-refractivity contribution in [2.24, 2.45) is 5.41 Å². The maximum atomic E-state index is 13.1. The van der Waals surface area contributed by atoms with Crippen molar-refractivity contribution in [3.8, 4) is 0 Å². The van der Waals surface area contributed by atoms with E-state index in [9.17, 15) is 4.79 Å². The predicted octanol–water partition coefficient (Wildman–Crippen LogP) is 3.93. The van der Waals surface area contributed by atoms with E-state index < -0.39 is 5.41 Å². The van der Waals surface area contributed by atoms with Gasteiger partial charge in [0, 0.05) is 38.4 Å². The number of hydrogen-bond donors (Lipinski definition) is 0. The zero-order valence-electron chi connectivity index (χ0n) is 18.7. The van der Waals surface area contributed by atoms with E-state index in [1.54, 1.807) is 0 Å². The van der Waals surface area contributed by atoms with Crippen molar-refractivity contribution in [3.63, 3.8) is 0 Å². The molecule has 166 valence electrons. The van der Waals surface area contributed by atoms with Gasteiger partial charge in [0.2, 0.25) is 0 Å². The van der Waals surface area contributed by atoms with Crippen LogP contribution in [-0.2, 0) is 22.5 Å². The maximum absolute atomic E-state index is 13.1. The minimum atomic E-state index is -0.430. The van der Waals surface area contributed by atoms with Gasteiger partial charge in [0.25, 0.3) is 0 Å². The van der Waals surface area contributed by atoms with Gasteiger partial charge >= 0.3 is 5.97 Å². The summed E-state index contributed by atoms with van der Waals surface area (Å²) in [5.41, 5.74) is 1.94. The molecule has 3 heterocycles. The highest BCUT2D eigenvalue weighted by Crippen LogP contribution is 2.37. The van der Waals surface area contributed by atoms with Crippen molar-refractivity contribution < 1.29 is 9.53 Å². The summed E-state index contributed by atoms with van der Waals surface area (Å²) >= 11 is 0. The van der Waals surface area contributed by atoms with Crippen molar-refractivity contribution in [2.45, 2.75) is 51.6 Å². The molecule has 0 radical (unpaired) electrons. The Bertz CT molecular complexity index is 821. The number of aromatic nitrogens is 1. The van der Waals surface area contributed by atoms with Gasteiger partial charge in [-0.2, -0.15) is 0 Å². The molecule has 2 aliphatic rings. The Morgan fingerprint density at radius 2 is 1.87 bits per heavy atom. The molecule has 2 aliphatic heterocycles. The molecule has 2 aromatic rings. The number of pyridine rings is 1. The molecule has 2 fully saturated rings. The molecule has 5 nitrogen and oxygen atoms in total. The van der Waals surface area contributed by atoms with E-state index in [1.807, 2.05) is 25.3 Å². The maximum Gasteiger partial charge on any atom is 0.313 e. The van der Waals surface area contributed by atoms with Crippen LogP contribution in [0.3, 0.4) is 0 Å². The second-order valence-electron chi connectivity index (χ2n) is 9.07. The summed E-state index contributed by atoms with van der Waals surface area (Å²) in [6.45, 7) is 7.35. The number of hydrogen-bond acceptors (Lipinski definition) is 5. The molecule has 0 N–H and O–H groups in total. The lowest BCUT2D eigenvalue weighted by atomic mass is 9.74. The fourth-order valence-corrected chi connectivity index (χ4v) is 5.30. The van der Waals surface area contributed by atoms with Crippen molar-refractivity contribution in [1.29, 1.82) is 0 Å². The molecule has 0 amide bonds. The Morgan fingerprint density at radius 1 is 1.10 bits per heavy atom. The fourth-order valence-electron chi connectivity index (χ4n) is 5.30. The number of esters is 1. The summed E-state index contributed by atoms with van der Waals surface area (Å²) in [7, 11) is 0. The first-order chi connectivity index (χ1) is 15.2. The van der Waals surface area contributed by atoms with E-state index in [4.69, 9.17) is 4.74 Å². The highest BCUT2D eigenvalue weighted by molar-refractivity contribution is 5.77. The van der Waals surface area contributed by atoms with Gasteiger partial charge in [-0.05, 0) is 63.3 Å². The van der Waals surface area contributed by atoms with Gasteiger partial charge in [-0.25, -0.2) is 0 Å². The van der Waals surface area contributed by atoms with E-state index in [0.717, 1.165) is 70.5 Å². The summed E-state index contributed by atoms with van der Waals surface area (Å²) in [5.74, 6) is -0.0175. The van der Waals surface area contributed by atoms with Gasteiger partial charge in [0.15, 0.2) is 0 Å². The van der Waals surface area contributed by atoms with Crippen LogP contribution in [-0.4, -0.2) is 59.6 Å². The Hall–Kier alpha value is -2.24. The molecular weight excluding hydrogens is 386 g/mol. The molecule has 0 spiro atoms. The second kappa shape index (κ2) is 10.4. The smallest absolute Gasteiger partial charge is 0.313 e. The van der Waals surface area contributed by atoms with Gasteiger partial charge in [-0.1, -0.05) is 36.4 Å². The fraction of sp³-hybridized carbons (Fsp3) is 0.538. The number of piperidine rings is 2. The molecule has 31 heavy (non-hydrogen) atoms. The summed E-state index contributed by atoms with van der Waals surface area (Å²) in [6, 6.07) is 17.1. The van der Waals surface area contributed by atoms with Crippen LogP contribution in [0.4, 0.5) is 0 Å². The SMILES string of the molecule is CCOC(=O)[C@]1(Cc2ccccc2)CCCN(C2CCN(Cc3ccccn3)CC2)C1. The zero-order chi connectivity index (χ0) is 21.5. The van der Waals surface area contributed by atoms with Gasteiger partial charge in [0.1, 0.15) is 0 Å². The van der Waals surface area contributed by atoms with Crippen LogP contribution >= 0.6 is 0 Å². The lowest BCUT2D eigenvalue weighted by Crippen LogP contribution is -2.55. The number of carbonyl (C=O) groups is 1. The summed E-state index contributed by atoms with van der Waals surface area (Å²) in [5, 5.41) is 0. The Morgan fingerprint density at radius 3 is 2.58 bits per heavy atom. The predicted molar refractivity (Wildman–Crippen MR) is 123 cm³/mol. The van der Waals surface area contributed by atoms with Crippen molar-refractivity contribution in [3.05, 3.63) is 66.0 Å². The lowest BCUT2D eigenvalue weighted by Gasteiger charge is -2.46. The molecule has 0 aliphatic carbocycles. The van der Waals surface area contributed by atoms with Crippen molar-refractivity contribution in [2.75, 3.05) is 32.8 Å². The first-order valence-corrected chi connectivity index (χ1v) is 11.8. The highest BCUT2D eigenvalue weighted by atomic mass is 16.5. The summed E-state index contributed by atoms with van der Waals surface area (Å²) in [4.78, 5) is 22.7. The third kappa shape index (κ3) is 5.52. The average molecular weight is 422 g/mol. The Balaban J connectivity index is 1.40. The zero-order valence-corrected chi connectivity index (χ0v) is 18.7. The number of likely N-dealkylation sites (tertiary alicyclic amines) is 2. The van der Waals surface area contributed by atoms with Crippen LogP contribution in [0.5, 0.6) is 0 Å². The van der Waals surface area contributed by atoms with E-state index in [1.165, 1.54) is 5.56 Å². The molecule has 1 aromatic carbocycles. The number of carbonyl (C=O) groups excluding carboxylic acids is 1. The summed E-state index contributed by atoms with van der Waals surface area (Å²) in [6.07, 6.45) is 6.91. The van der Waals surface area contributed by atoms with Crippen LogP contribution in [0.25, 0.3) is 0 Å². The molecule has 1 atom stereocenters. The third-order valence-electron chi connectivity index (χ3n) is 6.89. The normalized spacial score (nSPS) is 23.5. The third-order valence-corrected chi connectivity index (χ3v) is 6.89. The molecule has 2 saturated heterocycles. The molecule has 1 aromatic heterocycles. The van der Waals surface area contributed by atoms with Crippen LogP contribution < -0.4 is 0 Å². The first kappa shape index (κ1) is 22.0. The molecule has 0 unspecified atom stereocenters. The van der Waals surface area contributed by atoms with Crippen LogP contribution in [0.1, 0.15) is 43.9 Å². The second-order valence-corrected chi connectivity index (χ2v) is 9.07. The monoisotopic (exact) mass is 421 g/mol. The van der Waals surface area contributed by atoms with Gasteiger partial charge in [-0.15, -0.1) is 0 Å². The average Bonchev–Trinajstić information content (AvgIpc) is 2.81. The number of nitrogens with zero attached hydrogens (tertiary/aromatic N) is 3. The Labute approximate surface area is 186 Å². The number of rotatable bonds is 7. The molecule has 0 saturated carbocycles. The molecule has 0 bridgehead atoms. The van der Waals surface area contributed by atoms with Gasteiger partial charge in [-0.3, -0.25) is 19.6 Å². The molecule has 4 rings (SSSR count). The Kier molecular flexibility index (Phi) is 7.36. The van der Waals surface area contributed by atoms with Crippen LogP contribution in [0.2, 0.25) is 0 Å². The van der Waals surface area contributed by atoms with Crippen LogP contribution in [0, 0.1) is 5.41 Å². The standard InChI is InChI=1S/C26H35N3O2/c1-2-31-25(30)26(19-22-9-4-3-5-10-22)14-8-16-29(21-26)24-12-17-28(18-13-24)20-23-11-6-7-15-27-23/h3-7,9-11,15,24H,2,8,12-14,16-21H2,1H3/t26-/m0/s1. The van der Waals surface area contributed by atoms with E-state index in [0.29, 0.717) is 12.6 Å². The highest BCUT2D eigenvalue weighted by Gasteiger charge is 2.45. The van der Waals surface area contributed by atoms with Gasteiger partial charge in [0.05, 0.1) is 17.7 Å². The molecular formula is C26H35N3O2. The minimum absolute atomic E-state index is 0.0175.